The van der Waals surface area contributed by atoms with Crippen LogP contribution >= 0.6 is 0 Å². The monoisotopic (exact) mass is 383 g/mol. The Morgan fingerprint density at radius 1 is 0.379 bits per heavy atom. The van der Waals surface area contributed by atoms with Gasteiger partial charge in [0.25, 0.3) is 0 Å². The van der Waals surface area contributed by atoms with Gasteiger partial charge < -0.3 is 0 Å². The number of fused-ring (bicyclic) bond motifs is 2. The van der Waals surface area contributed by atoms with E-state index in [-0.39, 0.29) is 41.1 Å². The van der Waals surface area contributed by atoms with Gasteiger partial charge in [0.2, 0.25) is 0 Å². The molecule has 29 heavy (non-hydrogen) atoms. The van der Waals surface area contributed by atoms with E-state index >= 15 is 0 Å². The molecular weight excluding hydrogens is 367 g/mol. The second-order valence-corrected chi connectivity index (χ2v) is 6.88. The standard InChI is InChI=1S/C26H16O2.Na/c27-25-19-13-7-8-14-20(19)26(28)24-16-22(18-11-5-2-6-12-18)21(15-23(24)25)17-9-3-1-4-10-17;/h1-16H;. The van der Waals surface area contributed by atoms with Crippen LogP contribution in [0.4, 0.5) is 0 Å². The molecule has 0 atom stereocenters. The van der Waals surface area contributed by atoms with Gasteiger partial charge in [0.15, 0.2) is 11.6 Å². The first kappa shape index (κ1) is 19.5. The summed E-state index contributed by atoms with van der Waals surface area (Å²) in [4.78, 5) is 26.3. The van der Waals surface area contributed by atoms with Gasteiger partial charge in [-0.15, -0.1) is 0 Å². The molecule has 0 N–H and O–H groups in total. The molecule has 0 saturated heterocycles. The molecule has 1 radical (unpaired) electrons. The molecule has 0 fully saturated rings. The SMILES string of the molecule is O=C1c2ccccc2C(=O)c2cc(-c3ccccc3)c(-c3ccccc3)cc21.[Na]. The summed E-state index contributed by atoms with van der Waals surface area (Å²) in [5.41, 5.74) is 5.84. The molecule has 0 spiro atoms. The molecule has 0 unspecified atom stereocenters. The first-order valence-electron chi connectivity index (χ1n) is 9.21. The molecule has 4 aromatic rings. The number of hydrogen-bond acceptors (Lipinski definition) is 2. The molecule has 1 aliphatic rings. The molecule has 0 aromatic heterocycles. The van der Waals surface area contributed by atoms with Crippen LogP contribution in [0, 0.1) is 0 Å². The van der Waals surface area contributed by atoms with Crippen molar-refractivity contribution in [1.29, 1.82) is 0 Å². The molecule has 0 aliphatic heterocycles. The van der Waals surface area contributed by atoms with Crippen LogP contribution < -0.4 is 0 Å². The van der Waals surface area contributed by atoms with E-state index in [9.17, 15) is 9.59 Å². The van der Waals surface area contributed by atoms with Crippen LogP contribution in [0.5, 0.6) is 0 Å². The van der Waals surface area contributed by atoms with E-state index < -0.39 is 0 Å². The third-order valence-corrected chi connectivity index (χ3v) is 5.23. The van der Waals surface area contributed by atoms with E-state index in [0.717, 1.165) is 22.3 Å². The molecule has 0 saturated carbocycles. The van der Waals surface area contributed by atoms with Crippen molar-refractivity contribution in [3.8, 4) is 22.3 Å². The first-order chi connectivity index (χ1) is 13.7. The number of ketones is 2. The molecule has 2 nitrogen and oxygen atoms in total. The van der Waals surface area contributed by atoms with Gasteiger partial charge in [-0.1, -0.05) is 84.9 Å². The van der Waals surface area contributed by atoms with Gasteiger partial charge in [-0.25, -0.2) is 0 Å². The van der Waals surface area contributed by atoms with Gasteiger partial charge in [-0.05, 0) is 34.4 Å². The van der Waals surface area contributed by atoms with Crippen molar-refractivity contribution in [2.45, 2.75) is 0 Å². The zero-order chi connectivity index (χ0) is 19.1. The summed E-state index contributed by atoms with van der Waals surface area (Å²) in [7, 11) is 0. The minimum absolute atomic E-state index is 0. The average molecular weight is 383 g/mol. The molecule has 0 amide bonds. The van der Waals surface area contributed by atoms with Crippen molar-refractivity contribution in [2.75, 3.05) is 0 Å². The third kappa shape index (κ3) is 3.30. The maximum atomic E-state index is 13.1. The Hall–Kier alpha value is -2.78. The number of carbonyl (C=O) groups excluding carboxylic acids is 2. The van der Waals surface area contributed by atoms with Gasteiger partial charge in [-0.3, -0.25) is 9.59 Å². The van der Waals surface area contributed by atoms with Crippen LogP contribution in [0.25, 0.3) is 22.3 Å². The molecule has 133 valence electrons. The molecule has 1 aliphatic carbocycles. The van der Waals surface area contributed by atoms with Gasteiger partial charge in [0, 0.05) is 51.8 Å². The molecule has 5 rings (SSSR count). The van der Waals surface area contributed by atoms with Crippen LogP contribution in [-0.2, 0) is 0 Å². The minimum Gasteiger partial charge on any atom is -0.289 e. The molecular formula is C26H16NaO2. The fourth-order valence-corrected chi connectivity index (χ4v) is 3.86. The smallest absolute Gasteiger partial charge is 0.194 e. The van der Waals surface area contributed by atoms with Crippen molar-refractivity contribution in [3.63, 3.8) is 0 Å². The summed E-state index contributed by atoms with van der Waals surface area (Å²) < 4.78 is 0. The minimum atomic E-state index is -0.0954. The Bertz CT molecular complexity index is 1130. The number of rotatable bonds is 2. The van der Waals surface area contributed by atoms with Gasteiger partial charge in [0.1, 0.15) is 0 Å². The summed E-state index contributed by atoms with van der Waals surface area (Å²) in [6.45, 7) is 0. The van der Waals surface area contributed by atoms with E-state index in [1.54, 1.807) is 24.3 Å². The van der Waals surface area contributed by atoms with E-state index in [2.05, 4.69) is 0 Å². The largest absolute Gasteiger partial charge is 0.289 e. The predicted octanol–water partition coefficient (Wildman–Crippen LogP) is 5.42. The van der Waals surface area contributed by atoms with Crippen LogP contribution in [0.3, 0.4) is 0 Å². The Balaban J connectivity index is 0.00000205. The van der Waals surface area contributed by atoms with Crippen LogP contribution in [0.2, 0.25) is 0 Å². The van der Waals surface area contributed by atoms with Crippen molar-refractivity contribution in [3.05, 3.63) is 119 Å². The summed E-state index contributed by atoms with van der Waals surface area (Å²) in [6, 6.07) is 30.8. The number of hydrogen-bond donors (Lipinski definition) is 0. The summed E-state index contributed by atoms with van der Waals surface area (Å²) in [6.07, 6.45) is 0. The fourth-order valence-electron chi connectivity index (χ4n) is 3.86. The Kier molecular flexibility index (Phi) is 5.33. The Labute approximate surface area is 191 Å². The average Bonchev–Trinajstić information content (AvgIpc) is 2.78. The maximum Gasteiger partial charge on any atom is 0.194 e. The number of carbonyl (C=O) groups is 2. The van der Waals surface area contributed by atoms with Crippen molar-refractivity contribution in [1.82, 2.24) is 0 Å². The second-order valence-electron chi connectivity index (χ2n) is 6.88. The first-order valence-corrected chi connectivity index (χ1v) is 9.21. The van der Waals surface area contributed by atoms with Crippen molar-refractivity contribution >= 4 is 41.1 Å². The van der Waals surface area contributed by atoms with Crippen LogP contribution in [-0.4, -0.2) is 41.1 Å². The normalized spacial score (nSPS) is 12.0. The van der Waals surface area contributed by atoms with E-state index in [0.29, 0.717) is 22.3 Å². The molecule has 4 aromatic carbocycles. The molecule has 0 heterocycles. The summed E-state index contributed by atoms with van der Waals surface area (Å²) in [5.74, 6) is -0.191. The second kappa shape index (κ2) is 7.92. The summed E-state index contributed by atoms with van der Waals surface area (Å²) >= 11 is 0. The van der Waals surface area contributed by atoms with Crippen LogP contribution in [0.1, 0.15) is 31.8 Å². The number of benzene rings is 4. The quantitative estimate of drug-likeness (QED) is 0.382. The zero-order valence-corrected chi connectivity index (χ0v) is 18.1. The predicted molar refractivity (Wildman–Crippen MR) is 116 cm³/mol. The van der Waals surface area contributed by atoms with E-state index in [4.69, 9.17) is 0 Å². The molecule has 3 heteroatoms. The third-order valence-electron chi connectivity index (χ3n) is 5.23. The topological polar surface area (TPSA) is 34.1 Å². The van der Waals surface area contributed by atoms with Crippen LogP contribution in [0.15, 0.2) is 97.1 Å². The molecule has 0 bridgehead atoms. The Morgan fingerprint density at radius 2 is 0.724 bits per heavy atom. The maximum absolute atomic E-state index is 13.1. The van der Waals surface area contributed by atoms with Gasteiger partial charge >= 0.3 is 0 Å². The van der Waals surface area contributed by atoms with Crippen molar-refractivity contribution < 1.29 is 9.59 Å². The van der Waals surface area contributed by atoms with Gasteiger partial charge in [-0.2, -0.15) is 0 Å². The van der Waals surface area contributed by atoms with Gasteiger partial charge in [0.05, 0.1) is 0 Å². The summed E-state index contributed by atoms with van der Waals surface area (Å²) in [5, 5.41) is 0. The van der Waals surface area contributed by atoms with Crippen molar-refractivity contribution in [2.24, 2.45) is 0 Å². The zero-order valence-electron chi connectivity index (χ0n) is 16.1. The van der Waals surface area contributed by atoms with E-state index in [1.165, 1.54) is 0 Å². The fraction of sp³-hybridized carbons (Fsp3) is 0. The Morgan fingerprint density at radius 3 is 1.10 bits per heavy atom. The van der Waals surface area contributed by atoms with E-state index in [1.807, 2.05) is 72.8 Å².